The third-order valence-corrected chi connectivity index (χ3v) is 6.58. The van der Waals surface area contributed by atoms with Crippen molar-refractivity contribution in [2.45, 2.75) is 116 Å². The van der Waals surface area contributed by atoms with Gasteiger partial charge >= 0.3 is 6.09 Å². The van der Waals surface area contributed by atoms with Crippen LogP contribution in [0.4, 0.5) is 4.79 Å². The molecule has 0 aliphatic heterocycles. The van der Waals surface area contributed by atoms with Crippen LogP contribution in [0.25, 0.3) is 0 Å². The number of aliphatic hydroxyl groups is 1. The number of ether oxygens (including phenoxy) is 1. The zero-order valence-electron chi connectivity index (χ0n) is 23.3. The first kappa shape index (κ1) is 30.6. The normalized spacial score (nSPS) is 15.9. The topological polar surface area (TPSA) is 108 Å². The molecule has 8 heteroatoms. The van der Waals surface area contributed by atoms with Gasteiger partial charge in [0.15, 0.2) is 0 Å². The molecule has 37 heavy (non-hydrogen) atoms. The van der Waals surface area contributed by atoms with Crippen LogP contribution in [0.3, 0.4) is 0 Å². The number of carbonyl (C=O) groups excluding carboxylic acids is 3. The fourth-order valence-electron chi connectivity index (χ4n) is 4.75. The molecule has 1 aliphatic rings. The van der Waals surface area contributed by atoms with Crippen molar-refractivity contribution < 1.29 is 24.2 Å². The molecule has 1 aromatic rings. The standard InChI is InChI=1S/C29H47N3O5/c1-6-7-8-12-18-32(27(35)24(20-33)31-28(36)37-29(3,4)5)25(22-15-13-14-21(2)19-22)26(34)30-23-16-10-9-11-17-23/h13-15,19,23-25,33H,6-12,16-18,20H2,1-5H3,(H,30,34)(H,31,36). The maximum absolute atomic E-state index is 13.9. The molecule has 1 aliphatic carbocycles. The third-order valence-electron chi connectivity index (χ3n) is 6.58. The summed E-state index contributed by atoms with van der Waals surface area (Å²) >= 11 is 0. The minimum atomic E-state index is -1.23. The van der Waals surface area contributed by atoms with Crippen LogP contribution in [0.1, 0.15) is 103 Å². The highest BCUT2D eigenvalue weighted by Gasteiger charge is 2.36. The van der Waals surface area contributed by atoms with Crippen LogP contribution < -0.4 is 10.6 Å². The molecule has 3 amide bonds. The minimum Gasteiger partial charge on any atom is -0.444 e. The number of amides is 3. The van der Waals surface area contributed by atoms with Gasteiger partial charge in [-0.15, -0.1) is 0 Å². The molecule has 8 nitrogen and oxygen atoms in total. The molecule has 2 atom stereocenters. The Bertz CT molecular complexity index is 877. The number of carbonyl (C=O) groups is 3. The molecular formula is C29H47N3O5. The summed E-state index contributed by atoms with van der Waals surface area (Å²) in [7, 11) is 0. The number of aryl methyl sites for hydroxylation is 1. The summed E-state index contributed by atoms with van der Waals surface area (Å²) in [6.07, 6.45) is 8.07. The lowest BCUT2D eigenvalue weighted by molar-refractivity contribution is -0.143. The average molecular weight is 518 g/mol. The van der Waals surface area contributed by atoms with E-state index in [1.165, 1.54) is 11.3 Å². The van der Waals surface area contributed by atoms with Crippen molar-refractivity contribution in [2.75, 3.05) is 13.2 Å². The lowest BCUT2D eigenvalue weighted by Crippen LogP contribution is -2.55. The van der Waals surface area contributed by atoms with E-state index in [0.717, 1.165) is 50.5 Å². The Balaban J connectivity index is 2.39. The number of hydrogen-bond donors (Lipinski definition) is 3. The Morgan fingerprint density at radius 2 is 1.81 bits per heavy atom. The Morgan fingerprint density at radius 1 is 1.11 bits per heavy atom. The minimum absolute atomic E-state index is 0.0825. The monoisotopic (exact) mass is 517 g/mol. The van der Waals surface area contributed by atoms with Crippen molar-refractivity contribution in [1.82, 2.24) is 15.5 Å². The van der Waals surface area contributed by atoms with Gasteiger partial charge in [-0.05, 0) is 52.5 Å². The van der Waals surface area contributed by atoms with Gasteiger partial charge in [-0.1, -0.05) is 75.3 Å². The zero-order chi connectivity index (χ0) is 27.4. The lowest BCUT2D eigenvalue weighted by Gasteiger charge is -2.35. The molecule has 2 rings (SSSR count). The number of hydrogen-bond acceptors (Lipinski definition) is 5. The molecule has 1 fully saturated rings. The second-order valence-corrected chi connectivity index (χ2v) is 11.1. The molecule has 0 radical (unpaired) electrons. The Kier molecular flexibility index (Phi) is 12.4. The zero-order valence-corrected chi connectivity index (χ0v) is 23.3. The van der Waals surface area contributed by atoms with E-state index in [-0.39, 0.29) is 11.9 Å². The summed E-state index contributed by atoms with van der Waals surface area (Å²) < 4.78 is 5.31. The summed E-state index contributed by atoms with van der Waals surface area (Å²) in [5.74, 6) is -0.731. The van der Waals surface area contributed by atoms with E-state index < -0.39 is 36.3 Å². The molecule has 0 spiro atoms. The maximum Gasteiger partial charge on any atom is 0.408 e. The summed E-state index contributed by atoms with van der Waals surface area (Å²) in [5.41, 5.74) is 0.944. The molecule has 0 aromatic heterocycles. The quantitative estimate of drug-likeness (QED) is 0.346. The van der Waals surface area contributed by atoms with E-state index in [1.807, 2.05) is 31.2 Å². The fraction of sp³-hybridized carbons (Fsp3) is 0.690. The van der Waals surface area contributed by atoms with Gasteiger partial charge in [0.1, 0.15) is 17.7 Å². The van der Waals surface area contributed by atoms with Crippen molar-refractivity contribution in [1.29, 1.82) is 0 Å². The molecule has 0 heterocycles. The first-order chi connectivity index (χ1) is 17.6. The van der Waals surface area contributed by atoms with Crippen LogP contribution in [0, 0.1) is 6.92 Å². The first-order valence-corrected chi connectivity index (χ1v) is 13.8. The molecule has 208 valence electrons. The van der Waals surface area contributed by atoms with Gasteiger partial charge in [0.25, 0.3) is 0 Å². The predicted octanol–water partition coefficient (Wildman–Crippen LogP) is 4.78. The van der Waals surface area contributed by atoms with E-state index in [2.05, 4.69) is 17.6 Å². The van der Waals surface area contributed by atoms with E-state index in [0.29, 0.717) is 18.5 Å². The SMILES string of the molecule is CCCCCCN(C(=O)C(CO)NC(=O)OC(C)(C)C)C(C(=O)NC1CCCCC1)c1cccc(C)c1. The molecule has 0 bridgehead atoms. The number of alkyl carbamates (subject to hydrolysis) is 1. The second kappa shape index (κ2) is 15.0. The number of aliphatic hydroxyl groups excluding tert-OH is 1. The average Bonchev–Trinajstić information content (AvgIpc) is 2.83. The molecule has 2 unspecified atom stereocenters. The van der Waals surface area contributed by atoms with Crippen LogP contribution >= 0.6 is 0 Å². The van der Waals surface area contributed by atoms with Gasteiger partial charge < -0.3 is 25.4 Å². The molecular weight excluding hydrogens is 470 g/mol. The van der Waals surface area contributed by atoms with Gasteiger partial charge in [0.2, 0.25) is 11.8 Å². The van der Waals surface area contributed by atoms with Crippen LogP contribution in [0.2, 0.25) is 0 Å². The van der Waals surface area contributed by atoms with Crippen LogP contribution in [-0.4, -0.2) is 58.8 Å². The molecule has 0 saturated heterocycles. The van der Waals surface area contributed by atoms with E-state index >= 15 is 0 Å². The number of benzene rings is 1. The third kappa shape index (κ3) is 10.3. The summed E-state index contributed by atoms with van der Waals surface area (Å²) in [5, 5.41) is 15.8. The van der Waals surface area contributed by atoms with Gasteiger partial charge in [-0.3, -0.25) is 9.59 Å². The highest BCUT2D eigenvalue weighted by atomic mass is 16.6. The Hall–Kier alpha value is -2.61. The van der Waals surface area contributed by atoms with Crippen molar-refractivity contribution in [3.05, 3.63) is 35.4 Å². The van der Waals surface area contributed by atoms with Crippen LogP contribution in [0.5, 0.6) is 0 Å². The van der Waals surface area contributed by atoms with Gasteiger partial charge in [-0.2, -0.15) is 0 Å². The fourth-order valence-corrected chi connectivity index (χ4v) is 4.75. The molecule has 3 N–H and O–H groups in total. The highest BCUT2D eigenvalue weighted by molar-refractivity contribution is 5.92. The highest BCUT2D eigenvalue weighted by Crippen LogP contribution is 2.26. The van der Waals surface area contributed by atoms with E-state index in [1.54, 1.807) is 20.8 Å². The van der Waals surface area contributed by atoms with E-state index in [4.69, 9.17) is 4.74 Å². The van der Waals surface area contributed by atoms with E-state index in [9.17, 15) is 19.5 Å². The smallest absolute Gasteiger partial charge is 0.408 e. The van der Waals surface area contributed by atoms with Gasteiger partial charge in [0, 0.05) is 12.6 Å². The Morgan fingerprint density at radius 3 is 2.41 bits per heavy atom. The van der Waals surface area contributed by atoms with Crippen molar-refractivity contribution >= 4 is 17.9 Å². The number of rotatable bonds is 12. The van der Waals surface area contributed by atoms with Crippen LogP contribution in [0.15, 0.2) is 24.3 Å². The van der Waals surface area contributed by atoms with Crippen LogP contribution in [-0.2, 0) is 14.3 Å². The Labute approximate surface area is 222 Å². The number of nitrogens with zero attached hydrogens (tertiary/aromatic N) is 1. The van der Waals surface area contributed by atoms with Gasteiger partial charge in [-0.25, -0.2) is 4.79 Å². The summed E-state index contributed by atoms with van der Waals surface area (Å²) in [6, 6.07) is 5.61. The maximum atomic E-state index is 13.9. The predicted molar refractivity (Wildman–Crippen MR) is 145 cm³/mol. The lowest BCUT2D eigenvalue weighted by atomic mass is 9.94. The number of unbranched alkanes of at least 4 members (excludes halogenated alkanes) is 3. The summed E-state index contributed by atoms with van der Waals surface area (Å²) in [6.45, 7) is 8.98. The molecule has 1 saturated carbocycles. The second-order valence-electron chi connectivity index (χ2n) is 11.1. The molecule has 1 aromatic carbocycles. The number of nitrogens with one attached hydrogen (secondary N) is 2. The van der Waals surface area contributed by atoms with Gasteiger partial charge in [0.05, 0.1) is 6.61 Å². The van der Waals surface area contributed by atoms with Crippen molar-refractivity contribution in [3.8, 4) is 0 Å². The largest absolute Gasteiger partial charge is 0.444 e. The summed E-state index contributed by atoms with van der Waals surface area (Å²) in [4.78, 5) is 41.6. The first-order valence-electron chi connectivity index (χ1n) is 13.8. The van der Waals surface area contributed by atoms with Crippen molar-refractivity contribution in [2.24, 2.45) is 0 Å². The van der Waals surface area contributed by atoms with Crippen molar-refractivity contribution in [3.63, 3.8) is 0 Å².